The van der Waals surface area contributed by atoms with Gasteiger partial charge in [-0.25, -0.2) is 4.99 Å². The molecule has 3 N–H and O–H groups in total. The summed E-state index contributed by atoms with van der Waals surface area (Å²) in [6, 6.07) is 6.75. The minimum atomic E-state index is -1.01. The van der Waals surface area contributed by atoms with Gasteiger partial charge in [-0.15, -0.1) is 23.2 Å². The molecule has 1 heterocycles. The predicted octanol–water partition coefficient (Wildman–Crippen LogP) is 2.52. The number of anilines is 1. The normalized spacial score (nSPS) is 21.8. The van der Waals surface area contributed by atoms with Crippen LogP contribution in [0.1, 0.15) is 18.4 Å². The number of aliphatic carboxylic acids is 1. The SMILES string of the molecule is O=C(O)C(Cc1ccc(N(CCCl)CCCl)cc1)NC1OC(CCN=C=S)CC1O. The van der Waals surface area contributed by atoms with Crippen LogP contribution in [0.25, 0.3) is 0 Å². The number of halogens is 2. The van der Waals surface area contributed by atoms with Crippen molar-refractivity contribution in [3.63, 3.8) is 0 Å². The van der Waals surface area contributed by atoms with Crippen LogP contribution in [0.5, 0.6) is 0 Å². The Balaban J connectivity index is 1.97. The van der Waals surface area contributed by atoms with Gasteiger partial charge in [-0.2, -0.15) is 0 Å². The number of benzene rings is 1. The van der Waals surface area contributed by atoms with E-state index in [0.29, 0.717) is 44.2 Å². The van der Waals surface area contributed by atoms with Crippen LogP contribution in [0.2, 0.25) is 0 Å². The molecule has 0 aromatic heterocycles. The molecule has 1 aliphatic rings. The van der Waals surface area contributed by atoms with Crippen molar-refractivity contribution in [1.29, 1.82) is 0 Å². The zero-order valence-electron chi connectivity index (χ0n) is 16.5. The Hall–Kier alpha value is -1.25. The summed E-state index contributed by atoms with van der Waals surface area (Å²) in [5.74, 6) is -0.0205. The van der Waals surface area contributed by atoms with Gasteiger partial charge >= 0.3 is 5.97 Å². The van der Waals surface area contributed by atoms with Gasteiger partial charge in [0.2, 0.25) is 0 Å². The maximum atomic E-state index is 11.8. The van der Waals surface area contributed by atoms with E-state index in [-0.39, 0.29) is 12.5 Å². The molecular formula is C20H27Cl2N3O4S. The zero-order chi connectivity index (χ0) is 21.9. The van der Waals surface area contributed by atoms with Gasteiger partial charge in [-0.3, -0.25) is 10.1 Å². The maximum absolute atomic E-state index is 11.8. The van der Waals surface area contributed by atoms with Crippen molar-refractivity contribution in [1.82, 2.24) is 5.32 Å². The summed E-state index contributed by atoms with van der Waals surface area (Å²) in [5, 5.41) is 25.1. The Kier molecular flexibility index (Phi) is 11.0. The number of isothiocyanates is 1. The van der Waals surface area contributed by atoms with Crippen molar-refractivity contribution in [3.05, 3.63) is 29.8 Å². The monoisotopic (exact) mass is 475 g/mol. The van der Waals surface area contributed by atoms with Gasteiger partial charge in [-0.1, -0.05) is 12.1 Å². The summed E-state index contributed by atoms with van der Waals surface area (Å²) in [6.45, 7) is 1.83. The molecule has 1 aromatic rings. The number of nitrogens with zero attached hydrogens (tertiary/aromatic N) is 2. The van der Waals surface area contributed by atoms with Gasteiger partial charge < -0.3 is 19.8 Å². The van der Waals surface area contributed by atoms with Crippen molar-refractivity contribution in [2.45, 2.75) is 43.7 Å². The minimum Gasteiger partial charge on any atom is -0.480 e. The lowest BCUT2D eigenvalue weighted by Crippen LogP contribution is -2.48. The average molecular weight is 476 g/mol. The number of alkyl halides is 2. The number of thiocarbonyl (C=S) groups is 1. The molecule has 1 saturated heterocycles. The molecular weight excluding hydrogens is 449 g/mol. The van der Waals surface area contributed by atoms with Crippen LogP contribution in [-0.2, 0) is 16.0 Å². The Morgan fingerprint density at radius 1 is 1.33 bits per heavy atom. The fourth-order valence-electron chi connectivity index (χ4n) is 3.41. The van der Waals surface area contributed by atoms with Crippen LogP contribution >= 0.6 is 35.4 Å². The highest BCUT2D eigenvalue weighted by atomic mass is 35.5. The third kappa shape index (κ3) is 7.78. The largest absolute Gasteiger partial charge is 0.480 e. The highest BCUT2D eigenvalue weighted by Crippen LogP contribution is 2.23. The molecule has 166 valence electrons. The second-order valence-corrected chi connectivity index (χ2v) is 7.98. The van der Waals surface area contributed by atoms with Crippen LogP contribution in [0.3, 0.4) is 0 Å². The second-order valence-electron chi connectivity index (χ2n) is 7.04. The number of carboxylic acids is 1. The molecule has 30 heavy (non-hydrogen) atoms. The molecule has 7 nitrogen and oxygen atoms in total. The summed E-state index contributed by atoms with van der Waals surface area (Å²) >= 11 is 16.2. The fourth-order valence-corrected chi connectivity index (χ4v) is 3.90. The van der Waals surface area contributed by atoms with E-state index in [1.54, 1.807) is 0 Å². The second kappa shape index (κ2) is 13.2. The lowest BCUT2D eigenvalue weighted by molar-refractivity contribution is -0.141. The standard InChI is InChI=1S/C20H27Cl2N3O4S/c21-6-9-25(10-7-22)15-3-1-14(2-4-15)11-17(20(27)28)24-19-18(26)12-16(29-19)5-8-23-13-30/h1-4,16-19,24,26H,5-12H2,(H,27,28). The number of hydrogen-bond donors (Lipinski definition) is 3. The van der Waals surface area contributed by atoms with E-state index in [1.807, 2.05) is 24.3 Å². The van der Waals surface area contributed by atoms with E-state index in [9.17, 15) is 15.0 Å². The smallest absolute Gasteiger partial charge is 0.321 e. The number of aliphatic hydroxyl groups is 1. The van der Waals surface area contributed by atoms with Gasteiger partial charge in [-0.05, 0) is 42.8 Å². The van der Waals surface area contributed by atoms with Crippen LogP contribution < -0.4 is 10.2 Å². The van der Waals surface area contributed by atoms with E-state index in [1.165, 1.54) is 0 Å². The first kappa shape index (κ1) is 25.0. The Morgan fingerprint density at radius 2 is 2.00 bits per heavy atom. The number of carboxylic acid groups (broad SMARTS) is 1. The van der Waals surface area contributed by atoms with E-state index in [0.717, 1.165) is 11.3 Å². The number of nitrogens with one attached hydrogen (secondary N) is 1. The molecule has 0 aliphatic carbocycles. The van der Waals surface area contributed by atoms with E-state index < -0.39 is 24.3 Å². The highest BCUT2D eigenvalue weighted by Gasteiger charge is 2.36. The number of aliphatic imine (C=N–C) groups is 1. The number of ether oxygens (including phenoxy) is 1. The third-order valence-electron chi connectivity index (χ3n) is 4.93. The lowest BCUT2D eigenvalue weighted by atomic mass is 10.0. The number of aliphatic hydroxyl groups excluding tert-OH is 1. The average Bonchev–Trinajstić information content (AvgIpc) is 3.07. The predicted molar refractivity (Wildman–Crippen MR) is 122 cm³/mol. The van der Waals surface area contributed by atoms with Crippen molar-refractivity contribution in [2.75, 3.05) is 36.3 Å². The highest BCUT2D eigenvalue weighted by molar-refractivity contribution is 7.78. The molecule has 0 bridgehead atoms. The molecule has 4 atom stereocenters. The van der Waals surface area contributed by atoms with Crippen LogP contribution in [-0.4, -0.2) is 77.2 Å². The van der Waals surface area contributed by atoms with Crippen molar-refractivity contribution >= 4 is 52.2 Å². The molecule has 1 fully saturated rings. The number of hydrogen-bond acceptors (Lipinski definition) is 7. The molecule has 4 unspecified atom stereocenters. The molecule has 2 rings (SSSR count). The van der Waals surface area contributed by atoms with Crippen molar-refractivity contribution in [2.24, 2.45) is 4.99 Å². The number of rotatable bonds is 13. The van der Waals surface area contributed by atoms with E-state index in [2.05, 4.69) is 32.6 Å². The van der Waals surface area contributed by atoms with Gasteiger partial charge in [0.05, 0.1) is 23.9 Å². The zero-order valence-corrected chi connectivity index (χ0v) is 18.9. The summed E-state index contributed by atoms with van der Waals surface area (Å²) in [4.78, 5) is 17.7. The summed E-state index contributed by atoms with van der Waals surface area (Å²) in [6.07, 6.45) is -0.451. The minimum absolute atomic E-state index is 0.201. The summed E-state index contributed by atoms with van der Waals surface area (Å²) in [7, 11) is 0. The van der Waals surface area contributed by atoms with Gasteiger partial charge in [0.15, 0.2) is 0 Å². The molecule has 1 aromatic carbocycles. The van der Waals surface area contributed by atoms with Crippen LogP contribution in [0.15, 0.2) is 29.3 Å². The Labute approximate surface area is 192 Å². The Bertz CT molecular complexity index is 713. The quantitative estimate of drug-likeness (QED) is 0.229. The fraction of sp³-hybridized carbons (Fsp3) is 0.600. The first-order valence-electron chi connectivity index (χ1n) is 9.80. The summed E-state index contributed by atoms with van der Waals surface area (Å²) in [5.41, 5.74) is 1.84. The molecule has 0 spiro atoms. The first-order chi connectivity index (χ1) is 14.5. The molecule has 0 amide bonds. The van der Waals surface area contributed by atoms with Crippen LogP contribution in [0, 0.1) is 0 Å². The van der Waals surface area contributed by atoms with E-state index in [4.69, 9.17) is 27.9 Å². The molecule has 1 aliphatic heterocycles. The van der Waals surface area contributed by atoms with Crippen molar-refractivity contribution < 1.29 is 19.7 Å². The van der Waals surface area contributed by atoms with Crippen molar-refractivity contribution in [3.8, 4) is 0 Å². The Morgan fingerprint density at radius 3 is 2.57 bits per heavy atom. The third-order valence-corrected chi connectivity index (χ3v) is 5.40. The molecule has 0 saturated carbocycles. The first-order valence-corrected chi connectivity index (χ1v) is 11.3. The van der Waals surface area contributed by atoms with Gasteiger partial charge in [0.1, 0.15) is 12.3 Å². The van der Waals surface area contributed by atoms with Crippen LogP contribution in [0.4, 0.5) is 5.69 Å². The molecule has 10 heteroatoms. The maximum Gasteiger partial charge on any atom is 0.321 e. The lowest BCUT2D eigenvalue weighted by Gasteiger charge is -2.24. The van der Waals surface area contributed by atoms with E-state index >= 15 is 0 Å². The molecule has 0 radical (unpaired) electrons. The topological polar surface area (TPSA) is 94.4 Å². The summed E-state index contributed by atoms with van der Waals surface area (Å²) < 4.78 is 5.77. The number of carbonyl (C=O) groups is 1. The van der Waals surface area contributed by atoms with Gasteiger partial charge in [0.25, 0.3) is 0 Å². The van der Waals surface area contributed by atoms with Gasteiger partial charge in [0, 0.05) is 37.0 Å².